The normalized spacial score (nSPS) is 27.4. The average molecular weight is 362 g/mol. The summed E-state index contributed by atoms with van der Waals surface area (Å²) in [5, 5.41) is 5.48. The summed E-state index contributed by atoms with van der Waals surface area (Å²) in [5.74, 6) is -0.686. The Morgan fingerprint density at radius 2 is 1.91 bits per heavy atom. The molecule has 1 saturated heterocycles. The zero-order valence-electron chi connectivity index (χ0n) is 12.6. The first-order valence-corrected chi connectivity index (χ1v) is 9.51. The van der Waals surface area contributed by atoms with Gasteiger partial charge in [0.25, 0.3) is 0 Å². The molecule has 23 heavy (non-hydrogen) atoms. The van der Waals surface area contributed by atoms with Gasteiger partial charge in [0, 0.05) is 23.4 Å². The van der Waals surface area contributed by atoms with Gasteiger partial charge in [0.15, 0.2) is 5.79 Å². The molecular weight excluding hydrogens is 342 g/mol. The molecule has 0 amide bonds. The fourth-order valence-corrected chi connectivity index (χ4v) is 3.82. The van der Waals surface area contributed by atoms with Gasteiger partial charge >= 0.3 is 10.3 Å². The van der Waals surface area contributed by atoms with Crippen molar-refractivity contribution in [2.45, 2.75) is 50.1 Å². The van der Waals surface area contributed by atoms with Crippen LogP contribution in [0, 0.1) is 0 Å². The summed E-state index contributed by atoms with van der Waals surface area (Å²) in [5.41, 5.74) is 0.764. The Morgan fingerprint density at radius 3 is 2.57 bits per heavy atom. The van der Waals surface area contributed by atoms with Crippen LogP contribution in [-0.4, -0.2) is 26.9 Å². The fourth-order valence-electron chi connectivity index (χ4n) is 3.25. The van der Waals surface area contributed by atoms with E-state index in [0.717, 1.165) is 37.7 Å². The predicted octanol–water partition coefficient (Wildman–Crippen LogP) is 2.68. The van der Waals surface area contributed by atoms with E-state index in [9.17, 15) is 8.42 Å². The molecule has 8 heteroatoms. The lowest BCUT2D eigenvalue weighted by Gasteiger charge is -2.32. The van der Waals surface area contributed by atoms with Crippen molar-refractivity contribution in [3.8, 4) is 0 Å². The van der Waals surface area contributed by atoms with E-state index in [4.69, 9.17) is 30.4 Å². The minimum atomic E-state index is -4.04. The van der Waals surface area contributed by atoms with Crippen molar-refractivity contribution in [2.75, 3.05) is 6.61 Å². The van der Waals surface area contributed by atoms with Crippen molar-refractivity contribution in [2.24, 2.45) is 5.14 Å². The van der Waals surface area contributed by atoms with Gasteiger partial charge in [-0.25, -0.2) is 5.14 Å². The lowest BCUT2D eigenvalue weighted by molar-refractivity contribution is -0.196. The molecule has 3 rings (SSSR count). The number of halogens is 1. The highest BCUT2D eigenvalue weighted by molar-refractivity contribution is 7.84. The van der Waals surface area contributed by atoms with Gasteiger partial charge < -0.3 is 9.47 Å². The summed E-state index contributed by atoms with van der Waals surface area (Å²) < 4.78 is 39.2. The molecule has 1 heterocycles. The molecule has 0 bridgehead atoms. The van der Waals surface area contributed by atoms with Crippen molar-refractivity contribution in [3.05, 3.63) is 34.9 Å². The molecule has 1 spiro atoms. The lowest BCUT2D eigenvalue weighted by Crippen LogP contribution is -2.34. The summed E-state index contributed by atoms with van der Waals surface area (Å²) in [4.78, 5) is 0. The maximum absolute atomic E-state index is 11.1. The highest BCUT2D eigenvalue weighted by Gasteiger charge is 2.49. The van der Waals surface area contributed by atoms with E-state index in [0.29, 0.717) is 5.02 Å². The summed E-state index contributed by atoms with van der Waals surface area (Å²) in [6.07, 6.45) is 3.66. The van der Waals surface area contributed by atoms with Crippen LogP contribution in [0.3, 0.4) is 0 Å². The lowest BCUT2D eigenvalue weighted by atomic mass is 9.94. The van der Waals surface area contributed by atoms with Crippen LogP contribution in [0.15, 0.2) is 24.3 Å². The number of benzene rings is 1. The number of rotatable bonds is 4. The average Bonchev–Trinajstić information content (AvgIpc) is 2.84. The third-order valence-electron chi connectivity index (χ3n) is 4.27. The van der Waals surface area contributed by atoms with Gasteiger partial charge in [-0.15, -0.1) is 0 Å². The second-order valence-electron chi connectivity index (χ2n) is 5.96. The van der Waals surface area contributed by atoms with Crippen molar-refractivity contribution < 1.29 is 22.1 Å². The van der Waals surface area contributed by atoms with Gasteiger partial charge in [-0.2, -0.15) is 8.42 Å². The Bertz CT molecular complexity index is 660. The van der Waals surface area contributed by atoms with E-state index in [1.54, 1.807) is 6.07 Å². The molecule has 128 valence electrons. The van der Waals surface area contributed by atoms with Crippen LogP contribution in [0.5, 0.6) is 0 Å². The molecule has 2 atom stereocenters. The zero-order valence-corrected chi connectivity index (χ0v) is 14.2. The maximum Gasteiger partial charge on any atom is 0.333 e. The molecule has 1 aromatic carbocycles. The minimum Gasteiger partial charge on any atom is -0.341 e. The van der Waals surface area contributed by atoms with Crippen molar-refractivity contribution in [1.29, 1.82) is 0 Å². The summed E-state index contributed by atoms with van der Waals surface area (Å²) >= 11 is 6.27. The van der Waals surface area contributed by atoms with Crippen LogP contribution >= 0.6 is 11.6 Å². The van der Waals surface area contributed by atoms with E-state index in [1.807, 2.05) is 18.2 Å². The van der Waals surface area contributed by atoms with Crippen LogP contribution in [0.1, 0.15) is 43.8 Å². The van der Waals surface area contributed by atoms with Gasteiger partial charge in [-0.1, -0.05) is 36.2 Å². The summed E-state index contributed by atoms with van der Waals surface area (Å²) in [6.45, 7) is -0.198. The molecule has 2 fully saturated rings. The minimum absolute atomic E-state index is 0.198. The molecular formula is C15H20ClNO5S. The van der Waals surface area contributed by atoms with E-state index in [2.05, 4.69) is 0 Å². The molecule has 2 N–H and O–H groups in total. The maximum atomic E-state index is 11.1. The molecule has 0 radical (unpaired) electrons. The monoisotopic (exact) mass is 361 g/mol. The molecule has 1 aromatic rings. The fraction of sp³-hybridized carbons (Fsp3) is 0.600. The Hall–Kier alpha value is -0.700. The Morgan fingerprint density at radius 1 is 1.22 bits per heavy atom. The van der Waals surface area contributed by atoms with Crippen molar-refractivity contribution in [3.63, 3.8) is 0 Å². The number of hydrogen-bond donors (Lipinski definition) is 1. The second-order valence-corrected chi connectivity index (χ2v) is 7.59. The van der Waals surface area contributed by atoms with Crippen LogP contribution in [0.25, 0.3) is 0 Å². The second kappa shape index (κ2) is 6.66. The van der Waals surface area contributed by atoms with Crippen molar-refractivity contribution in [1.82, 2.24) is 0 Å². The molecule has 1 saturated carbocycles. The van der Waals surface area contributed by atoms with Gasteiger partial charge in [-0.3, -0.25) is 4.18 Å². The largest absolute Gasteiger partial charge is 0.341 e. The Kier molecular flexibility index (Phi) is 4.96. The number of ether oxygens (including phenoxy) is 2. The first-order valence-electron chi connectivity index (χ1n) is 7.66. The van der Waals surface area contributed by atoms with Crippen LogP contribution < -0.4 is 5.14 Å². The molecule has 6 nitrogen and oxygen atoms in total. The topological polar surface area (TPSA) is 87.9 Å². The highest BCUT2D eigenvalue weighted by Crippen LogP contribution is 2.47. The highest BCUT2D eigenvalue weighted by atomic mass is 35.5. The molecule has 0 aromatic heterocycles. The van der Waals surface area contributed by atoms with Gasteiger partial charge in [0.05, 0.1) is 6.61 Å². The van der Waals surface area contributed by atoms with E-state index < -0.39 is 28.3 Å². The number of hydrogen-bond acceptors (Lipinski definition) is 5. The Labute approximate surface area is 141 Å². The molecule has 1 aliphatic carbocycles. The first kappa shape index (κ1) is 17.1. The van der Waals surface area contributed by atoms with E-state index in [1.165, 1.54) is 0 Å². The molecule has 1 aliphatic heterocycles. The number of nitrogens with two attached hydrogens (primary N) is 1. The van der Waals surface area contributed by atoms with E-state index in [-0.39, 0.29) is 6.61 Å². The van der Waals surface area contributed by atoms with Gasteiger partial charge in [0.1, 0.15) is 12.2 Å². The summed E-state index contributed by atoms with van der Waals surface area (Å²) in [7, 11) is -4.04. The standard InChI is InChI=1S/C15H20ClNO5S/c16-12-7-3-2-6-11(12)14-13(10-20-23(17,18)19)21-15(22-14)8-4-1-5-9-15/h2-3,6-7,13-14H,1,4-5,8-10H2,(H2,17,18,19). The molecule has 2 unspecified atom stereocenters. The molecule has 2 aliphatic rings. The summed E-state index contributed by atoms with van der Waals surface area (Å²) in [6, 6.07) is 7.30. The zero-order chi connectivity index (χ0) is 16.5. The SMILES string of the molecule is NS(=O)(=O)OCC1OC2(CCCCC2)OC1c1ccccc1Cl. The Balaban J connectivity index is 1.85. The third kappa shape index (κ3) is 4.04. The predicted molar refractivity (Wildman–Crippen MR) is 85.0 cm³/mol. The van der Waals surface area contributed by atoms with Gasteiger partial charge in [0.2, 0.25) is 0 Å². The third-order valence-corrected chi connectivity index (χ3v) is 5.08. The van der Waals surface area contributed by atoms with Crippen LogP contribution in [-0.2, 0) is 24.0 Å². The van der Waals surface area contributed by atoms with Crippen LogP contribution in [0.2, 0.25) is 5.02 Å². The smallest absolute Gasteiger partial charge is 0.333 e. The van der Waals surface area contributed by atoms with Crippen molar-refractivity contribution >= 4 is 21.9 Å². The quantitative estimate of drug-likeness (QED) is 0.890. The van der Waals surface area contributed by atoms with E-state index >= 15 is 0 Å². The van der Waals surface area contributed by atoms with Crippen LogP contribution in [0.4, 0.5) is 0 Å². The first-order chi connectivity index (χ1) is 10.9. The van der Waals surface area contributed by atoms with Gasteiger partial charge in [-0.05, 0) is 18.9 Å².